The number of nitrogens with zero attached hydrogens (tertiary/aromatic N) is 1. The fourth-order valence-electron chi connectivity index (χ4n) is 1.63. The molecule has 0 bridgehead atoms. The van der Waals surface area contributed by atoms with Crippen LogP contribution in [0, 0.1) is 17.0 Å². The van der Waals surface area contributed by atoms with Gasteiger partial charge in [-0.15, -0.1) is 0 Å². The van der Waals surface area contributed by atoms with E-state index in [2.05, 4.69) is 5.32 Å². The van der Waals surface area contributed by atoms with Gasteiger partial charge < -0.3 is 5.32 Å². The average Bonchev–Trinajstić information content (AvgIpc) is 2.12. The van der Waals surface area contributed by atoms with Crippen molar-refractivity contribution >= 4 is 11.4 Å². The standard InChI is InChI=1S/C11H13F3N2O2/c1-7-3-9(5-10(4-7)16(17)18)15-8(2)6-11(12,13)14/h3-5,8,15H,6H2,1-2H3. The summed E-state index contributed by atoms with van der Waals surface area (Å²) in [7, 11) is 0. The molecule has 0 radical (unpaired) electrons. The maximum atomic E-state index is 12.1. The van der Waals surface area contributed by atoms with Gasteiger partial charge in [-0.1, -0.05) is 0 Å². The number of hydrogen-bond donors (Lipinski definition) is 1. The molecule has 100 valence electrons. The predicted molar refractivity (Wildman–Crippen MR) is 61.6 cm³/mol. The van der Waals surface area contributed by atoms with Crippen molar-refractivity contribution in [3.05, 3.63) is 33.9 Å². The summed E-state index contributed by atoms with van der Waals surface area (Å²) in [6, 6.07) is 3.31. The van der Waals surface area contributed by atoms with Crippen LogP contribution in [0.4, 0.5) is 24.5 Å². The number of nitro groups is 1. The highest BCUT2D eigenvalue weighted by molar-refractivity contribution is 5.54. The van der Waals surface area contributed by atoms with E-state index in [-0.39, 0.29) is 5.69 Å². The summed E-state index contributed by atoms with van der Waals surface area (Å²) in [5, 5.41) is 13.2. The van der Waals surface area contributed by atoms with Crippen LogP contribution in [0.2, 0.25) is 0 Å². The van der Waals surface area contributed by atoms with E-state index in [0.717, 1.165) is 0 Å². The molecule has 0 spiro atoms. The van der Waals surface area contributed by atoms with E-state index in [1.54, 1.807) is 13.0 Å². The van der Waals surface area contributed by atoms with E-state index >= 15 is 0 Å². The Labute approximate surface area is 102 Å². The first kappa shape index (κ1) is 14.3. The molecule has 0 heterocycles. The Kier molecular flexibility index (Phi) is 4.15. The molecule has 1 unspecified atom stereocenters. The molecule has 0 aromatic heterocycles. The van der Waals surface area contributed by atoms with Crippen LogP contribution >= 0.6 is 0 Å². The van der Waals surface area contributed by atoms with Crippen molar-refractivity contribution in [2.24, 2.45) is 0 Å². The molecule has 4 nitrogen and oxygen atoms in total. The zero-order valence-electron chi connectivity index (χ0n) is 9.91. The van der Waals surface area contributed by atoms with Gasteiger partial charge in [0.1, 0.15) is 0 Å². The molecular formula is C11H13F3N2O2. The largest absolute Gasteiger partial charge is 0.391 e. The third-order valence-corrected chi connectivity index (χ3v) is 2.22. The van der Waals surface area contributed by atoms with E-state index in [4.69, 9.17) is 0 Å². The number of nitro benzene ring substituents is 1. The molecule has 0 aliphatic carbocycles. The fourth-order valence-corrected chi connectivity index (χ4v) is 1.63. The van der Waals surface area contributed by atoms with Gasteiger partial charge in [-0.05, 0) is 25.5 Å². The number of non-ortho nitro benzene ring substituents is 1. The number of benzene rings is 1. The SMILES string of the molecule is Cc1cc(NC(C)CC(F)(F)F)cc([N+](=O)[O-])c1. The second kappa shape index (κ2) is 5.24. The maximum absolute atomic E-state index is 12.1. The first-order chi connectivity index (χ1) is 8.17. The zero-order chi connectivity index (χ0) is 13.9. The smallest absolute Gasteiger partial charge is 0.382 e. The van der Waals surface area contributed by atoms with Crippen LogP contribution in [0.5, 0.6) is 0 Å². The number of aryl methyl sites for hydroxylation is 1. The summed E-state index contributed by atoms with van der Waals surface area (Å²) in [5.74, 6) is 0. The minimum Gasteiger partial charge on any atom is -0.382 e. The first-order valence-electron chi connectivity index (χ1n) is 5.27. The van der Waals surface area contributed by atoms with Crippen molar-refractivity contribution in [1.82, 2.24) is 0 Å². The summed E-state index contributed by atoms with van der Waals surface area (Å²) in [6.45, 7) is 3.02. The van der Waals surface area contributed by atoms with Crippen LogP contribution in [-0.2, 0) is 0 Å². The minimum absolute atomic E-state index is 0.142. The first-order valence-corrected chi connectivity index (χ1v) is 5.27. The Bertz CT molecular complexity index is 446. The second-order valence-corrected chi connectivity index (χ2v) is 4.18. The van der Waals surface area contributed by atoms with E-state index in [1.165, 1.54) is 19.1 Å². The molecular weight excluding hydrogens is 249 g/mol. The minimum atomic E-state index is -4.26. The van der Waals surface area contributed by atoms with Crippen molar-refractivity contribution in [3.63, 3.8) is 0 Å². The molecule has 7 heteroatoms. The number of rotatable bonds is 4. The van der Waals surface area contributed by atoms with Gasteiger partial charge in [0.15, 0.2) is 0 Å². The van der Waals surface area contributed by atoms with Gasteiger partial charge in [0.2, 0.25) is 0 Å². The lowest BCUT2D eigenvalue weighted by atomic mass is 10.1. The Hall–Kier alpha value is -1.79. The predicted octanol–water partition coefficient (Wildman–Crippen LogP) is 3.66. The molecule has 0 saturated carbocycles. The van der Waals surface area contributed by atoms with E-state index in [0.29, 0.717) is 11.3 Å². The molecule has 0 amide bonds. The molecule has 1 rings (SSSR count). The quantitative estimate of drug-likeness (QED) is 0.665. The van der Waals surface area contributed by atoms with E-state index < -0.39 is 23.6 Å². The molecule has 0 aliphatic heterocycles. The summed E-state index contributed by atoms with van der Waals surface area (Å²) in [4.78, 5) is 10.0. The van der Waals surface area contributed by atoms with Gasteiger partial charge in [-0.2, -0.15) is 13.2 Å². The van der Waals surface area contributed by atoms with Crippen LogP contribution in [0.15, 0.2) is 18.2 Å². The van der Waals surface area contributed by atoms with Crippen LogP contribution in [-0.4, -0.2) is 17.1 Å². The molecule has 1 atom stereocenters. The summed E-state index contributed by atoms with van der Waals surface area (Å²) >= 11 is 0. The van der Waals surface area contributed by atoms with Gasteiger partial charge in [-0.25, -0.2) is 0 Å². The third-order valence-electron chi connectivity index (χ3n) is 2.22. The molecule has 1 aromatic carbocycles. The highest BCUT2D eigenvalue weighted by Crippen LogP contribution is 2.25. The van der Waals surface area contributed by atoms with Crippen molar-refractivity contribution in [2.75, 3.05) is 5.32 Å². The molecule has 1 N–H and O–H groups in total. The molecule has 0 aliphatic rings. The number of halogens is 3. The van der Waals surface area contributed by atoms with Crippen molar-refractivity contribution in [2.45, 2.75) is 32.5 Å². The van der Waals surface area contributed by atoms with Crippen molar-refractivity contribution in [3.8, 4) is 0 Å². The molecule has 0 fully saturated rings. The van der Waals surface area contributed by atoms with E-state index in [9.17, 15) is 23.3 Å². The van der Waals surface area contributed by atoms with Crippen LogP contribution in [0.25, 0.3) is 0 Å². The van der Waals surface area contributed by atoms with Crippen LogP contribution < -0.4 is 5.32 Å². The van der Waals surface area contributed by atoms with Crippen LogP contribution in [0.1, 0.15) is 18.9 Å². The summed E-state index contributed by atoms with van der Waals surface area (Å²) in [6.07, 6.45) is -5.25. The van der Waals surface area contributed by atoms with Crippen LogP contribution in [0.3, 0.4) is 0 Å². The van der Waals surface area contributed by atoms with Gasteiger partial charge >= 0.3 is 6.18 Å². The normalized spacial score (nSPS) is 13.2. The Morgan fingerprint density at radius 1 is 1.39 bits per heavy atom. The highest BCUT2D eigenvalue weighted by Gasteiger charge is 2.30. The molecule has 1 aromatic rings. The van der Waals surface area contributed by atoms with Gasteiger partial charge in [-0.3, -0.25) is 10.1 Å². The number of hydrogen-bond acceptors (Lipinski definition) is 3. The van der Waals surface area contributed by atoms with Crippen molar-refractivity contribution in [1.29, 1.82) is 0 Å². The maximum Gasteiger partial charge on any atom is 0.391 e. The van der Waals surface area contributed by atoms with Gasteiger partial charge in [0.05, 0.1) is 11.3 Å². The highest BCUT2D eigenvalue weighted by atomic mass is 19.4. The van der Waals surface area contributed by atoms with E-state index in [1.807, 2.05) is 0 Å². The number of alkyl halides is 3. The lowest BCUT2D eigenvalue weighted by molar-refractivity contribution is -0.384. The lowest BCUT2D eigenvalue weighted by Crippen LogP contribution is -2.23. The number of anilines is 1. The Morgan fingerprint density at radius 2 is 2.00 bits per heavy atom. The summed E-state index contributed by atoms with van der Waals surface area (Å²) in [5.41, 5.74) is 0.793. The lowest BCUT2D eigenvalue weighted by Gasteiger charge is -2.17. The molecule has 0 saturated heterocycles. The second-order valence-electron chi connectivity index (χ2n) is 4.18. The zero-order valence-corrected chi connectivity index (χ0v) is 9.91. The van der Waals surface area contributed by atoms with Gasteiger partial charge in [0.25, 0.3) is 5.69 Å². The third kappa shape index (κ3) is 4.60. The Balaban J connectivity index is 2.81. The van der Waals surface area contributed by atoms with Gasteiger partial charge in [0, 0.05) is 23.9 Å². The molecule has 18 heavy (non-hydrogen) atoms. The fraction of sp³-hybridized carbons (Fsp3) is 0.455. The Morgan fingerprint density at radius 3 is 2.50 bits per heavy atom. The monoisotopic (exact) mass is 262 g/mol. The number of nitrogens with one attached hydrogen (secondary N) is 1. The summed E-state index contributed by atoms with van der Waals surface area (Å²) < 4.78 is 36.4. The topological polar surface area (TPSA) is 55.2 Å². The average molecular weight is 262 g/mol. The van der Waals surface area contributed by atoms with Crippen molar-refractivity contribution < 1.29 is 18.1 Å².